The monoisotopic (exact) mass is 370 g/mol. The summed E-state index contributed by atoms with van der Waals surface area (Å²) in [6.45, 7) is 0. The van der Waals surface area contributed by atoms with Crippen molar-refractivity contribution >= 4 is 9.84 Å². The smallest absolute Gasteiger partial charge is 0.340 e. The molecule has 0 aliphatic rings. The number of rotatable bonds is 3. The summed E-state index contributed by atoms with van der Waals surface area (Å²) in [4.78, 5) is 7.77. The van der Waals surface area contributed by atoms with Gasteiger partial charge in [0, 0.05) is 31.4 Å². The summed E-state index contributed by atoms with van der Waals surface area (Å²) in [7, 11) is -1.71. The molecule has 132 valence electrons. The number of halogens is 3. The Labute approximate surface area is 141 Å². The van der Waals surface area contributed by atoms with E-state index in [4.69, 9.17) is 0 Å². The third kappa shape index (κ3) is 3.43. The Bertz CT molecular complexity index is 1020. The zero-order valence-corrected chi connectivity index (χ0v) is 14.0. The van der Waals surface area contributed by atoms with Gasteiger partial charge in [-0.25, -0.2) is 18.4 Å². The van der Waals surface area contributed by atoms with Gasteiger partial charge in [0.25, 0.3) is 0 Å². The highest BCUT2D eigenvalue weighted by molar-refractivity contribution is 7.90. The second kappa shape index (κ2) is 5.73. The molecule has 2 aromatic heterocycles. The molecule has 6 nitrogen and oxygen atoms in total. The standard InChI is InChI=1S/C15H13F3N4O2S/c1-21-7-12(19-9-21)14-20-13(15(16,17)18)8-22(14)10-3-5-11(6-4-10)25(2,23)24/h3-9H,1-2H3. The van der Waals surface area contributed by atoms with Crippen molar-refractivity contribution < 1.29 is 21.6 Å². The molecule has 0 radical (unpaired) electrons. The summed E-state index contributed by atoms with van der Waals surface area (Å²) >= 11 is 0. The lowest BCUT2D eigenvalue weighted by atomic mass is 10.3. The number of aromatic nitrogens is 4. The fourth-order valence-corrected chi connectivity index (χ4v) is 2.91. The molecule has 25 heavy (non-hydrogen) atoms. The lowest BCUT2D eigenvalue weighted by molar-refractivity contribution is -0.140. The molecule has 0 unspecified atom stereocenters. The molecule has 2 heterocycles. The van der Waals surface area contributed by atoms with Crippen molar-refractivity contribution in [3.05, 3.63) is 48.7 Å². The molecule has 0 atom stereocenters. The van der Waals surface area contributed by atoms with Crippen molar-refractivity contribution in [2.75, 3.05) is 6.26 Å². The minimum atomic E-state index is -4.61. The van der Waals surface area contributed by atoms with Gasteiger partial charge in [0.1, 0.15) is 5.69 Å². The summed E-state index contributed by atoms with van der Waals surface area (Å²) < 4.78 is 65.1. The first kappa shape index (κ1) is 17.2. The largest absolute Gasteiger partial charge is 0.434 e. The number of nitrogens with zero attached hydrogens (tertiary/aromatic N) is 4. The number of sulfone groups is 1. The van der Waals surface area contributed by atoms with E-state index in [-0.39, 0.29) is 16.4 Å². The van der Waals surface area contributed by atoms with Crippen molar-refractivity contribution in [1.82, 2.24) is 19.1 Å². The molecule has 0 aliphatic heterocycles. The minimum Gasteiger partial charge on any atom is -0.340 e. The quantitative estimate of drug-likeness (QED) is 0.711. The normalized spacial score (nSPS) is 12.5. The first-order chi connectivity index (χ1) is 11.6. The number of hydrogen-bond acceptors (Lipinski definition) is 4. The van der Waals surface area contributed by atoms with E-state index >= 15 is 0 Å². The number of benzene rings is 1. The molecule has 0 fully saturated rings. The van der Waals surface area contributed by atoms with Crippen molar-refractivity contribution in [3.63, 3.8) is 0 Å². The Morgan fingerprint density at radius 2 is 1.72 bits per heavy atom. The van der Waals surface area contributed by atoms with Crippen molar-refractivity contribution in [2.45, 2.75) is 11.1 Å². The van der Waals surface area contributed by atoms with Gasteiger partial charge in [0.05, 0.1) is 11.2 Å². The van der Waals surface area contributed by atoms with Crippen LogP contribution in [0.5, 0.6) is 0 Å². The molecule has 1 aromatic carbocycles. The van der Waals surface area contributed by atoms with Crippen LogP contribution in [0.3, 0.4) is 0 Å². The Morgan fingerprint density at radius 3 is 2.20 bits per heavy atom. The molecule has 0 bridgehead atoms. The summed E-state index contributed by atoms with van der Waals surface area (Å²) in [5.74, 6) is 0.0139. The molecule has 0 saturated carbocycles. The van der Waals surface area contributed by atoms with E-state index < -0.39 is 21.7 Å². The van der Waals surface area contributed by atoms with E-state index in [1.165, 1.54) is 35.2 Å². The van der Waals surface area contributed by atoms with E-state index in [0.29, 0.717) is 5.69 Å². The summed E-state index contributed by atoms with van der Waals surface area (Å²) in [5, 5.41) is 0. The van der Waals surface area contributed by atoms with E-state index in [9.17, 15) is 21.6 Å². The van der Waals surface area contributed by atoms with E-state index in [1.54, 1.807) is 17.8 Å². The lowest BCUT2D eigenvalue weighted by Gasteiger charge is -2.07. The molecule has 0 amide bonds. The van der Waals surface area contributed by atoms with Crippen LogP contribution in [0.15, 0.2) is 47.9 Å². The zero-order chi connectivity index (χ0) is 18.4. The van der Waals surface area contributed by atoms with Crippen LogP contribution in [-0.4, -0.2) is 33.8 Å². The first-order valence-corrected chi connectivity index (χ1v) is 8.90. The molecule has 0 saturated heterocycles. The SMILES string of the molecule is Cn1cnc(-c2nc(C(F)(F)F)cn2-c2ccc(S(C)(=O)=O)cc2)c1. The Kier molecular flexibility index (Phi) is 3.94. The van der Waals surface area contributed by atoms with Gasteiger partial charge >= 0.3 is 6.18 Å². The van der Waals surface area contributed by atoms with Crippen molar-refractivity contribution in [2.24, 2.45) is 7.05 Å². The molecule has 0 spiro atoms. The van der Waals surface area contributed by atoms with E-state index in [2.05, 4.69) is 9.97 Å². The van der Waals surface area contributed by atoms with Gasteiger partial charge in [-0.15, -0.1) is 0 Å². The number of alkyl halides is 3. The van der Waals surface area contributed by atoms with Gasteiger partial charge in [-0.2, -0.15) is 13.2 Å². The average molecular weight is 370 g/mol. The first-order valence-electron chi connectivity index (χ1n) is 7.01. The molecule has 0 aliphatic carbocycles. The molecule has 10 heteroatoms. The molecular weight excluding hydrogens is 357 g/mol. The fourth-order valence-electron chi connectivity index (χ4n) is 2.28. The highest BCUT2D eigenvalue weighted by atomic mass is 32.2. The second-order valence-corrected chi connectivity index (χ2v) is 7.52. The zero-order valence-electron chi connectivity index (χ0n) is 13.2. The van der Waals surface area contributed by atoms with Crippen LogP contribution in [0.1, 0.15) is 5.69 Å². The topological polar surface area (TPSA) is 69.8 Å². The number of aryl methyl sites for hydroxylation is 1. The highest BCUT2D eigenvalue weighted by Gasteiger charge is 2.35. The van der Waals surface area contributed by atoms with Crippen molar-refractivity contribution in [1.29, 1.82) is 0 Å². The second-order valence-electron chi connectivity index (χ2n) is 5.51. The Hall–Kier alpha value is -2.62. The lowest BCUT2D eigenvalue weighted by Crippen LogP contribution is -2.05. The summed E-state index contributed by atoms with van der Waals surface area (Å²) in [6.07, 6.45) is 0.305. The third-order valence-electron chi connectivity index (χ3n) is 3.47. The maximum absolute atomic E-state index is 13.1. The predicted molar refractivity (Wildman–Crippen MR) is 83.9 cm³/mol. The summed E-state index contributed by atoms with van der Waals surface area (Å²) in [5.41, 5.74) is -0.443. The summed E-state index contributed by atoms with van der Waals surface area (Å²) in [6, 6.07) is 5.51. The molecule has 0 N–H and O–H groups in total. The van der Waals surface area contributed by atoms with Crippen LogP contribution in [-0.2, 0) is 23.1 Å². The van der Waals surface area contributed by atoms with Crippen LogP contribution in [0.4, 0.5) is 13.2 Å². The Balaban J connectivity index is 2.16. The maximum Gasteiger partial charge on any atom is 0.434 e. The average Bonchev–Trinajstić information content (AvgIpc) is 3.12. The van der Waals surface area contributed by atoms with E-state index in [1.807, 2.05) is 0 Å². The van der Waals surface area contributed by atoms with Gasteiger partial charge in [-0.1, -0.05) is 0 Å². The maximum atomic E-state index is 13.1. The minimum absolute atomic E-state index is 0.0139. The van der Waals surface area contributed by atoms with Crippen molar-refractivity contribution in [3.8, 4) is 17.2 Å². The number of hydrogen-bond donors (Lipinski definition) is 0. The molecular formula is C15H13F3N4O2S. The van der Waals surface area contributed by atoms with Gasteiger partial charge in [-0.05, 0) is 24.3 Å². The predicted octanol–water partition coefficient (Wildman–Crippen LogP) is 2.70. The van der Waals surface area contributed by atoms with Crippen LogP contribution in [0.25, 0.3) is 17.2 Å². The van der Waals surface area contributed by atoms with Crippen LogP contribution >= 0.6 is 0 Å². The van der Waals surface area contributed by atoms with Gasteiger partial charge in [0.15, 0.2) is 21.4 Å². The van der Waals surface area contributed by atoms with Gasteiger partial charge in [0.2, 0.25) is 0 Å². The highest BCUT2D eigenvalue weighted by Crippen LogP contribution is 2.32. The molecule has 3 aromatic rings. The van der Waals surface area contributed by atoms with E-state index in [0.717, 1.165) is 12.5 Å². The Morgan fingerprint density at radius 1 is 1.08 bits per heavy atom. The molecule has 3 rings (SSSR count). The number of imidazole rings is 2. The van der Waals surface area contributed by atoms with Gasteiger partial charge < -0.3 is 4.57 Å². The van der Waals surface area contributed by atoms with Crippen LogP contribution in [0, 0.1) is 0 Å². The van der Waals surface area contributed by atoms with Crippen LogP contribution < -0.4 is 0 Å². The third-order valence-corrected chi connectivity index (χ3v) is 4.60. The fraction of sp³-hybridized carbons (Fsp3) is 0.200. The van der Waals surface area contributed by atoms with Gasteiger partial charge in [-0.3, -0.25) is 4.57 Å². The van der Waals surface area contributed by atoms with Crippen LogP contribution in [0.2, 0.25) is 0 Å².